The van der Waals surface area contributed by atoms with Crippen molar-refractivity contribution in [1.29, 1.82) is 0 Å². The fourth-order valence-electron chi connectivity index (χ4n) is 2.53. The monoisotopic (exact) mass is 268 g/mol. The summed E-state index contributed by atoms with van der Waals surface area (Å²) in [6.07, 6.45) is 5.12. The third kappa shape index (κ3) is 2.11. The van der Waals surface area contributed by atoms with Gasteiger partial charge in [-0.1, -0.05) is 38.5 Å². The van der Waals surface area contributed by atoms with E-state index in [1.165, 1.54) is 6.42 Å². The molecule has 4 heteroatoms. The molecular formula is C16H20N4. The van der Waals surface area contributed by atoms with Gasteiger partial charge in [-0.2, -0.15) is 0 Å². The van der Waals surface area contributed by atoms with Crippen molar-refractivity contribution in [2.45, 2.75) is 33.1 Å². The van der Waals surface area contributed by atoms with E-state index in [0.717, 1.165) is 47.1 Å². The Morgan fingerprint density at radius 2 is 2.00 bits per heavy atom. The highest BCUT2D eigenvalue weighted by atomic mass is 15.4. The maximum Gasteiger partial charge on any atom is 0.128 e. The van der Waals surface area contributed by atoms with Crippen molar-refractivity contribution in [1.82, 2.24) is 14.6 Å². The Kier molecular flexibility index (Phi) is 3.54. The molecular weight excluding hydrogens is 248 g/mol. The van der Waals surface area contributed by atoms with Crippen molar-refractivity contribution in [2.75, 3.05) is 12.0 Å². The number of para-hydroxylation sites is 1. The molecule has 0 unspecified atom stereocenters. The van der Waals surface area contributed by atoms with Crippen LogP contribution >= 0.6 is 0 Å². The minimum absolute atomic E-state index is 0.905. The average molecular weight is 268 g/mol. The first-order valence-electron chi connectivity index (χ1n) is 7.34. The van der Waals surface area contributed by atoms with Gasteiger partial charge in [0.05, 0.1) is 11.7 Å². The Bertz CT molecular complexity index is 730. The highest BCUT2D eigenvalue weighted by molar-refractivity contribution is 6.02. The second-order valence-electron chi connectivity index (χ2n) is 4.99. The minimum atomic E-state index is 0.905. The van der Waals surface area contributed by atoms with E-state index in [0.29, 0.717) is 0 Å². The van der Waals surface area contributed by atoms with Crippen LogP contribution in [0.5, 0.6) is 0 Å². The van der Waals surface area contributed by atoms with E-state index < -0.39 is 0 Å². The number of imidazole rings is 1. The normalized spacial score (nSPS) is 11.3. The lowest BCUT2D eigenvalue weighted by Gasteiger charge is -2.12. The van der Waals surface area contributed by atoms with Gasteiger partial charge in [-0.05, 0) is 12.5 Å². The Hall–Kier alpha value is -2.10. The molecule has 0 aliphatic carbocycles. The molecule has 0 aliphatic rings. The predicted molar refractivity (Wildman–Crippen MR) is 83.5 cm³/mol. The van der Waals surface area contributed by atoms with Crippen LogP contribution in [0.1, 0.15) is 32.5 Å². The van der Waals surface area contributed by atoms with Crippen LogP contribution in [-0.4, -0.2) is 21.2 Å². The molecule has 0 spiro atoms. The van der Waals surface area contributed by atoms with E-state index in [-0.39, 0.29) is 0 Å². The molecule has 0 saturated carbocycles. The van der Waals surface area contributed by atoms with Crippen molar-refractivity contribution in [2.24, 2.45) is 0 Å². The standard InChI is InChI=1S/C16H20N4/c1-3-5-10-18-20-15(4-2)19-14-11-17-13-9-7-6-8-12(13)16(14)20/h6-9,11,18H,3-5,10H2,1-2H3. The topological polar surface area (TPSA) is 42.7 Å². The van der Waals surface area contributed by atoms with Crippen LogP contribution in [0.25, 0.3) is 21.9 Å². The Morgan fingerprint density at radius 3 is 2.80 bits per heavy atom. The number of rotatable bonds is 5. The highest BCUT2D eigenvalue weighted by Crippen LogP contribution is 2.23. The average Bonchev–Trinajstić information content (AvgIpc) is 2.86. The molecule has 3 rings (SSSR count). The van der Waals surface area contributed by atoms with Gasteiger partial charge in [0.2, 0.25) is 0 Å². The molecule has 0 fully saturated rings. The fourth-order valence-corrected chi connectivity index (χ4v) is 2.53. The van der Waals surface area contributed by atoms with E-state index in [9.17, 15) is 0 Å². The number of nitrogens with zero attached hydrogens (tertiary/aromatic N) is 3. The zero-order chi connectivity index (χ0) is 13.9. The van der Waals surface area contributed by atoms with Gasteiger partial charge in [-0.25, -0.2) is 9.66 Å². The summed E-state index contributed by atoms with van der Waals surface area (Å²) in [4.78, 5) is 9.19. The number of pyridine rings is 1. The molecule has 0 aliphatic heterocycles. The van der Waals surface area contributed by atoms with Gasteiger partial charge in [-0.15, -0.1) is 0 Å². The largest absolute Gasteiger partial charge is 0.324 e. The second-order valence-corrected chi connectivity index (χ2v) is 4.99. The molecule has 2 aromatic heterocycles. The van der Waals surface area contributed by atoms with E-state index in [4.69, 9.17) is 4.98 Å². The van der Waals surface area contributed by atoms with E-state index in [1.807, 2.05) is 18.3 Å². The quantitative estimate of drug-likeness (QED) is 0.720. The maximum absolute atomic E-state index is 4.70. The Morgan fingerprint density at radius 1 is 1.15 bits per heavy atom. The summed E-state index contributed by atoms with van der Waals surface area (Å²) in [6, 6.07) is 8.24. The summed E-state index contributed by atoms with van der Waals surface area (Å²) in [5.74, 6) is 1.06. The maximum atomic E-state index is 4.70. The van der Waals surface area contributed by atoms with Gasteiger partial charge in [0.25, 0.3) is 0 Å². The molecule has 1 N–H and O–H groups in total. The first-order valence-corrected chi connectivity index (χ1v) is 7.34. The van der Waals surface area contributed by atoms with Gasteiger partial charge in [0.1, 0.15) is 16.9 Å². The zero-order valence-electron chi connectivity index (χ0n) is 12.1. The first kappa shape index (κ1) is 12.9. The summed E-state index contributed by atoms with van der Waals surface area (Å²) in [5, 5.41) is 1.15. The second kappa shape index (κ2) is 5.49. The smallest absolute Gasteiger partial charge is 0.128 e. The Balaban J connectivity index is 2.20. The van der Waals surface area contributed by atoms with Crippen molar-refractivity contribution in [3.63, 3.8) is 0 Å². The molecule has 0 amide bonds. The van der Waals surface area contributed by atoms with Gasteiger partial charge in [-0.3, -0.25) is 4.98 Å². The number of aryl methyl sites for hydroxylation is 1. The van der Waals surface area contributed by atoms with Crippen LogP contribution in [0.4, 0.5) is 0 Å². The molecule has 4 nitrogen and oxygen atoms in total. The number of hydrogen-bond donors (Lipinski definition) is 1. The molecule has 3 aromatic rings. The lowest BCUT2D eigenvalue weighted by molar-refractivity contribution is 0.735. The lowest BCUT2D eigenvalue weighted by atomic mass is 10.2. The number of benzene rings is 1. The van der Waals surface area contributed by atoms with Crippen LogP contribution < -0.4 is 5.43 Å². The number of hydrogen-bond acceptors (Lipinski definition) is 3. The van der Waals surface area contributed by atoms with Crippen molar-refractivity contribution < 1.29 is 0 Å². The van der Waals surface area contributed by atoms with E-state index in [2.05, 4.69) is 41.1 Å². The SMILES string of the molecule is CCCCNn1c(CC)nc2cnc3ccccc3c21. The summed E-state index contributed by atoms with van der Waals surface area (Å²) >= 11 is 0. The third-order valence-electron chi connectivity index (χ3n) is 3.58. The van der Waals surface area contributed by atoms with E-state index >= 15 is 0 Å². The number of nitrogens with one attached hydrogen (secondary N) is 1. The highest BCUT2D eigenvalue weighted by Gasteiger charge is 2.12. The molecule has 0 bridgehead atoms. The fraction of sp³-hybridized carbons (Fsp3) is 0.375. The molecule has 0 radical (unpaired) electrons. The van der Waals surface area contributed by atoms with E-state index in [1.54, 1.807) is 0 Å². The van der Waals surface area contributed by atoms with Crippen molar-refractivity contribution >= 4 is 21.9 Å². The van der Waals surface area contributed by atoms with Gasteiger partial charge in [0, 0.05) is 18.4 Å². The molecule has 104 valence electrons. The van der Waals surface area contributed by atoms with Crippen molar-refractivity contribution in [3.05, 3.63) is 36.3 Å². The predicted octanol–water partition coefficient (Wildman–Crippen LogP) is 3.49. The lowest BCUT2D eigenvalue weighted by Crippen LogP contribution is -2.18. The molecule has 0 saturated heterocycles. The van der Waals surface area contributed by atoms with Crippen LogP contribution in [0.15, 0.2) is 30.5 Å². The third-order valence-corrected chi connectivity index (χ3v) is 3.58. The summed E-state index contributed by atoms with van der Waals surface area (Å²) in [7, 11) is 0. The summed E-state index contributed by atoms with van der Waals surface area (Å²) in [6.45, 7) is 5.30. The van der Waals surface area contributed by atoms with Crippen LogP contribution in [0, 0.1) is 0 Å². The molecule has 20 heavy (non-hydrogen) atoms. The van der Waals surface area contributed by atoms with Gasteiger partial charge >= 0.3 is 0 Å². The zero-order valence-corrected chi connectivity index (χ0v) is 12.1. The van der Waals surface area contributed by atoms with Crippen LogP contribution in [0.3, 0.4) is 0 Å². The number of fused-ring (bicyclic) bond motifs is 3. The number of aromatic nitrogens is 3. The Labute approximate surface area is 118 Å². The first-order chi connectivity index (χ1) is 9.85. The molecule has 1 aromatic carbocycles. The van der Waals surface area contributed by atoms with Gasteiger partial charge in [0.15, 0.2) is 0 Å². The van der Waals surface area contributed by atoms with Gasteiger partial charge < -0.3 is 5.43 Å². The van der Waals surface area contributed by atoms with Crippen LogP contribution in [-0.2, 0) is 6.42 Å². The minimum Gasteiger partial charge on any atom is -0.324 e. The molecule has 2 heterocycles. The van der Waals surface area contributed by atoms with Crippen molar-refractivity contribution in [3.8, 4) is 0 Å². The number of unbranched alkanes of at least 4 members (excludes halogenated alkanes) is 1. The summed E-state index contributed by atoms with van der Waals surface area (Å²) < 4.78 is 2.15. The van der Waals surface area contributed by atoms with Crippen LogP contribution in [0.2, 0.25) is 0 Å². The molecule has 0 atom stereocenters. The summed E-state index contributed by atoms with van der Waals surface area (Å²) in [5.41, 5.74) is 6.63.